The van der Waals surface area contributed by atoms with E-state index in [1.807, 2.05) is 31.2 Å². The number of rotatable bonds is 4. The molecule has 0 spiro atoms. The van der Waals surface area contributed by atoms with Gasteiger partial charge in [0.05, 0.1) is 6.42 Å². The van der Waals surface area contributed by atoms with Crippen LogP contribution in [0.5, 0.6) is 0 Å². The van der Waals surface area contributed by atoms with Gasteiger partial charge < -0.3 is 9.64 Å². The van der Waals surface area contributed by atoms with Gasteiger partial charge in [-0.25, -0.2) is 4.39 Å². The summed E-state index contributed by atoms with van der Waals surface area (Å²) in [5.74, 6) is -1.20. The Balaban J connectivity index is 1.66. The lowest BCUT2D eigenvalue weighted by Gasteiger charge is -2.26. The first kappa shape index (κ1) is 17.1. The quantitative estimate of drug-likeness (QED) is 0.802. The molecule has 1 aliphatic rings. The number of benzene rings is 2. The van der Waals surface area contributed by atoms with Crippen molar-refractivity contribution in [1.29, 1.82) is 0 Å². The number of nitrogens with zero attached hydrogens (tertiary/aromatic N) is 1. The largest absolute Gasteiger partial charge is 0.452 e. The number of halogens is 1. The Morgan fingerprint density at radius 3 is 2.76 bits per heavy atom. The minimum Gasteiger partial charge on any atom is -0.452 e. The van der Waals surface area contributed by atoms with Crippen LogP contribution in [0.15, 0.2) is 48.5 Å². The summed E-state index contributed by atoms with van der Waals surface area (Å²) < 4.78 is 18.5. The molecule has 2 aromatic rings. The molecule has 0 fully saturated rings. The molecule has 0 bridgehead atoms. The highest BCUT2D eigenvalue weighted by atomic mass is 19.1. The van der Waals surface area contributed by atoms with Crippen molar-refractivity contribution < 1.29 is 18.7 Å². The maximum Gasteiger partial charge on any atom is 0.311 e. The van der Waals surface area contributed by atoms with Gasteiger partial charge >= 0.3 is 5.97 Å². The van der Waals surface area contributed by atoms with Crippen LogP contribution in [0.3, 0.4) is 0 Å². The number of anilines is 1. The van der Waals surface area contributed by atoms with Gasteiger partial charge in [-0.15, -0.1) is 0 Å². The third-order valence-corrected chi connectivity index (χ3v) is 4.34. The molecule has 0 radical (unpaired) electrons. The number of para-hydroxylation sites is 1. The molecule has 0 N–H and O–H groups in total. The molecule has 1 heterocycles. The summed E-state index contributed by atoms with van der Waals surface area (Å²) in [5.41, 5.74) is 2.50. The highest BCUT2D eigenvalue weighted by molar-refractivity contribution is 5.99. The van der Waals surface area contributed by atoms with Crippen molar-refractivity contribution in [2.75, 3.05) is 4.90 Å². The van der Waals surface area contributed by atoms with Crippen molar-refractivity contribution in [2.24, 2.45) is 0 Å². The molecule has 25 heavy (non-hydrogen) atoms. The number of hydrogen-bond acceptors (Lipinski definition) is 3. The van der Waals surface area contributed by atoms with Gasteiger partial charge in [0.1, 0.15) is 5.82 Å². The summed E-state index contributed by atoms with van der Waals surface area (Å²) in [5, 5.41) is 0. The van der Waals surface area contributed by atoms with Crippen LogP contribution in [0.4, 0.5) is 10.1 Å². The van der Waals surface area contributed by atoms with Crippen LogP contribution < -0.4 is 4.90 Å². The Morgan fingerprint density at radius 2 is 2.00 bits per heavy atom. The molecule has 2 atom stereocenters. The van der Waals surface area contributed by atoms with Crippen molar-refractivity contribution in [1.82, 2.24) is 0 Å². The highest BCUT2D eigenvalue weighted by Gasteiger charge is 2.34. The average molecular weight is 341 g/mol. The van der Waals surface area contributed by atoms with Crippen LogP contribution >= 0.6 is 0 Å². The molecule has 3 rings (SSSR count). The second-order valence-corrected chi connectivity index (χ2v) is 6.33. The van der Waals surface area contributed by atoms with E-state index in [2.05, 4.69) is 0 Å². The lowest BCUT2D eigenvalue weighted by Crippen LogP contribution is -2.43. The van der Waals surface area contributed by atoms with Crippen molar-refractivity contribution in [3.8, 4) is 0 Å². The second kappa shape index (κ2) is 7.05. The van der Waals surface area contributed by atoms with Gasteiger partial charge in [0.25, 0.3) is 5.91 Å². The van der Waals surface area contributed by atoms with Crippen LogP contribution in [-0.4, -0.2) is 24.0 Å². The van der Waals surface area contributed by atoms with E-state index in [1.165, 1.54) is 18.2 Å². The predicted octanol–water partition coefficient (Wildman–Crippen LogP) is 3.28. The van der Waals surface area contributed by atoms with E-state index in [1.54, 1.807) is 17.9 Å². The number of ether oxygens (including phenoxy) is 1. The van der Waals surface area contributed by atoms with Crippen molar-refractivity contribution in [3.63, 3.8) is 0 Å². The Bertz CT molecular complexity index is 805. The topological polar surface area (TPSA) is 46.6 Å². The average Bonchev–Trinajstić information content (AvgIpc) is 2.89. The first-order chi connectivity index (χ1) is 12.0. The minimum absolute atomic E-state index is 0.0225. The zero-order valence-corrected chi connectivity index (χ0v) is 14.2. The van der Waals surface area contributed by atoms with E-state index in [4.69, 9.17) is 4.74 Å². The Morgan fingerprint density at radius 1 is 1.24 bits per heavy atom. The van der Waals surface area contributed by atoms with E-state index in [-0.39, 0.29) is 18.4 Å². The van der Waals surface area contributed by atoms with Gasteiger partial charge in [0, 0.05) is 11.7 Å². The van der Waals surface area contributed by atoms with Gasteiger partial charge in [-0.05, 0) is 49.6 Å². The molecule has 4 nitrogen and oxygen atoms in total. The zero-order valence-electron chi connectivity index (χ0n) is 14.2. The van der Waals surface area contributed by atoms with Crippen molar-refractivity contribution in [2.45, 2.75) is 38.8 Å². The molecular formula is C20H20FNO3. The number of esters is 1. The van der Waals surface area contributed by atoms with Crippen LogP contribution in [0, 0.1) is 5.82 Å². The van der Waals surface area contributed by atoms with Gasteiger partial charge in [0.2, 0.25) is 0 Å². The summed E-state index contributed by atoms with van der Waals surface area (Å²) in [6.07, 6.45) is -0.178. The van der Waals surface area contributed by atoms with E-state index in [9.17, 15) is 14.0 Å². The summed E-state index contributed by atoms with van der Waals surface area (Å²) in [4.78, 5) is 26.5. The number of carbonyl (C=O) groups excluding carboxylic acids is 2. The lowest BCUT2D eigenvalue weighted by atomic mass is 10.1. The van der Waals surface area contributed by atoms with E-state index < -0.39 is 17.9 Å². The SMILES string of the molecule is C[C@@H](OC(=O)Cc1cccc(F)c1)C(=O)N1c2ccccc2C[C@@H]1C. The summed E-state index contributed by atoms with van der Waals surface area (Å²) in [6, 6.07) is 13.5. The highest BCUT2D eigenvalue weighted by Crippen LogP contribution is 2.32. The Kier molecular flexibility index (Phi) is 4.83. The minimum atomic E-state index is -0.894. The molecule has 0 aliphatic carbocycles. The third kappa shape index (κ3) is 3.71. The standard InChI is InChI=1S/C20H20FNO3/c1-13-10-16-7-3-4-9-18(16)22(13)20(24)14(2)25-19(23)12-15-6-5-8-17(21)11-15/h3-9,11,13-14H,10,12H2,1-2H3/t13-,14+/m0/s1. The van der Waals surface area contributed by atoms with Gasteiger partial charge in [-0.3, -0.25) is 9.59 Å². The van der Waals surface area contributed by atoms with Crippen LogP contribution in [0.25, 0.3) is 0 Å². The number of amides is 1. The maximum atomic E-state index is 13.2. The Labute approximate surface area is 146 Å². The number of hydrogen-bond donors (Lipinski definition) is 0. The van der Waals surface area contributed by atoms with Crippen molar-refractivity contribution >= 4 is 17.6 Å². The fourth-order valence-electron chi connectivity index (χ4n) is 3.20. The smallest absolute Gasteiger partial charge is 0.311 e. The molecule has 2 aromatic carbocycles. The molecule has 5 heteroatoms. The number of fused-ring (bicyclic) bond motifs is 1. The Hall–Kier alpha value is -2.69. The van der Waals surface area contributed by atoms with Crippen LogP contribution in [-0.2, 0) is 27.2 Å². The monoisotopic (exact) mass is 341 g/mol. The van der Waals surface area contributed by atoms with Crippen molar-refractivity contribution in [3.05, 3.63) is 65.5 Å². The normalized spacial score (nSPS) is 17.1. The molecule has 0 unspecified atom stereocenters. The lowest BCUT2D eigenvalue weighted by molar-refractivity contribution is -0.153. The van der Waals surface area contributed by atoms with Gasteiger partial charge in [0.15, 0.2) is 6.10 Å². The fourth-order valence-corrected chi connectivity index (χ4v) is 3.20. The molecule has 130 valence electrons. The maximum absolute atomic E-state index is 13.2. The van der Waals surface area contributed by atoms with Gasteiger partial charge in [-0.1, -0.05) is 30.3 Å². The van der Waals surface area contributed by atoms with E-state index >= 15 is 0 Å². The number of carbonyl (C=O) groups is 2. The second-order valence-electron chi connectivity index (χ2n) is 6.33. The summed E-state index contributed by atoms with van der Waals surface area (Å²) >= 11 is 0. The molecule has 0 aromatic heterocycles. The van der Waals surface area contributed by atoms with E-state index in [0.29, 0.717) is 5.56 Å². The third-order valence-electron chi connectivity index (χ3n) is 4.34. The predicted molar refractivity (Wildman–Crippen MR) is 92.8 cm³/mol. The molecule has 1 amide bonds. The summed E-state index contributed by atoms with van der Waals surface area (Å²) in [7, 11) is 0. The first-order valence-electron chi connectivity index (χ1n) is 8.30. The molecule has 0 saturated heterocycles. The fraction of sp³-hybridized carbons (Fsp3) is 0.300. The summed E-state index contributed by atoms with van der Waals surface area (Å²) in [6.45, 7) is 3.54. The van der Waals surface area contributed by atoms with E-state index in [0.717, 1.165) is 17.7 Å². The van der Waals surface area contributed by atoms with Crippen LogP contribution in [0.2, 0.25) is 0 Å². The zero-order chi connectivity index (χ0) is 18.0. The molecular weight excluding hydrogens is 321 g/mol. The first-order valence-corrected chi connectivity index (χ1v) is 8.30. The van der Waals surface area contributed by atoms with Gasteiger partial charge in [-0.2, -0.15) is 0 Å². The molecule has 0 saturated carbocycles. The molecule has 1 aliphatic heterocycles. The van der Waals surface area contributed by atoms with Crippen LogP contribution in [0.1, 0.15) is 25.0 Å².